The SMILES string of the molecule is CC(C)Oc1ccc(C(C)CNC(C)(C)C)cc1. The summed E-state index contributed by atoms with van der Waals surface area (Å²) in [5.74, 6) is 1.46. The molecular formula is C16H27NO. The molecule has 0 aliphatic rings. The van der Waals surface area contributed by atoms with Crippen molar-refractivity contribution >= 4 is 0 Å². The first-order valence-electron chi connectivity index (χ1n) is 6.79. The van der Waals surface area contributed by atoms with Gasteiger partial charge in [-0.05, 0) is 58.2 Å². The van der Waals surface area contributed by atoms with Gasteiger partial charge in [0.25, 0.3) is 0 Å². The maximum absolute atomic E-state index is 5.65. The minimum Gasteiger partial charge on any atom is -0.491 e. The van der Waals surface area contributed by atoms with Gasteiger partial charge in [-0.15, -0.1) is 0 Å². The molecule has 2 nitrogen and oxygen atoms in total. The van der Waals surface area contributed by atoms with Crippen molar-refractivity contribution in [2.45, 2.75) is 59.1 Å². The van der Waals surface area contributed by atoms with Crippen molar-refractivity contribution in [2.75, 3.05) is 6.54 Å². The average molecular weight is 249 g/mol. The van der Waals surface area contributed by atoms with E-state index in [4.69, 9.17) is 4.74 Å². The van der Waals surface area contributed by atoms with E-state index in [1.807, 2.05) is 13.8 Å². The van der Waals surface area contributed by atoms with Crippen LogP contribution >= 0.6 is 0 Å². The molecule has 0 aliphatic carbocycles. The largest absolute Gasteiger partial charge is 0.491 e. The molecule has 1 aromatic rings. The molecule has 1 N–H and O–H groups in total. The van der Waals surface area contributed by atoms with Gasteiger partial charge in [0, 0.05) is 12.1 Å². The van der Waals surface area contributed by atoms with Crippen molar-refractivity contribution < 1.29 is 4.74 Å². The van der Waals surface area contributed by atoms with Crippen LogP contribution in [0.2, 0.25) is 0 Å². The fourth-order valence-corrected chi connectivity index (χ4v) is 1.72. The van der Waals surface area contributed by atoms with Gasteiger partial charge in [0.1, 0.15) is 5.75 Å². The minimum atomic E-state index is 0.176. The lowest BCUT2D eigenvalue weighted by atomic mass is 9.99. The molecule has 1 unspecified atom stereocenters. The number of ether oxygens (including phenoxy) is 1. The molecule has 1 atom stereocenters. The van der Waals surface area contributed by atoms with E-state index < -0.39 is 0 Å². The molecule has 0 radical (unpaired) electrons. The normalized spacial score (nSPS) is 13.7. The molecule has 1 rings (SSSR count). The van der Waals surface area contributed by atoms with Crippen LogP contribution in [0.5, 0.6) is 5.75 Å². The van der Waals surface area contributed by atoms with Gasteiger partial charge in [0.2, 0.25) is 0 Å². The van der Waals surface area contributed by atoms with E-state index in [2.05, 4.69) is 57.3 Å². The third kappa shape index (κ3) is 5.54. The van der Waals surface area contributed by atoms with E-state index in [-0.39, 0.29) is 11.6 Å². The van der Waals surface area contributed by atoms with Crippen LogP contribution in [0.4, 0.5) is 0 Å². The highest BCUT2D eigenvalue weighted by atomic mass is 16.5. The van der Waals surface area contributed by atoms with Crippen molar-refractivity contribution in [3.05, 3.63) is 29.8 Å². The highest BCUT2D eigenvalue weighted by molar-refractivity contribution is 5.29. The Balaban J connectivity index is 2.56. The van der Waals surface area contributed by atoms with Crippen molar-refractivity contribution in [3.8, 4) is 5.75 Å². The molecule has 102 valence electrons. The molecule has 0 spiro atoms. The van der Waals surface area contributed by atoms with Crippen molar-refractivity contribution in [3.63, 3.8) is 0 Å². The van der Waals surface area contributed by atoms with Crippen LogP contribution < -0.4 is 10.1 Å². The molecule has 2 heteroatoms. The molecule has 0 saturated heterocycles. The van der Waals surface area contributed by atoms with Gasteiger partial charge in [-0.25, -0.2) is 0 Å². The summed E-state index contributed by atoms with van der Waals surface area (Å²) >= 11 is 0. The van der Waals surface area contributed by atoms with E-state index in [1.54, 1.807) is 0 Å². The van der Waals surface area contributed by atoms with Crippen LogP contribution in [0.3, 0.4) is 0 Å². The summed E-state index contributed by atoms with van der Waals surface area (Å²) in [6.07, 6.45) is 0.232. The summed E-state index contributed by atoms with van der Waals surface area (Å²) in [6.45, 7) is 13.9. The lowest BCUT2D eigenvalue weighted by Crippen LogP contribution is -2.38. The van der Waals surface area contributed by atoms with Gasteiger partial charge in [0.05, 0.1) is 6.10 Å². The summed E-state index contributed by atoms with van der Waals surface area (Å²) < 4.78 is 5.65. The Bertz CT molecular complexity index is 348. The molecule has 0 amide bonds. The Hall–Kier alpha value is -1.02. The lowest BCUT2D eigenvalue weighted by Gasteiger charge is -2.23. The van der Waals surface area contributed by atoms with Gasteiger partial charge in [-0.2, -0.15) is 0 Å². The first-order chi connectivity index (χ1) is 8.28. The van der Waals surface area contributed by atoms with E-state index in [9.17, 15) is 0 Å². The topological polar surface area (TPSA) is 21.3 Å². The highest BCUT2D eigenvalue weighted by Gasteiger charge is 2.12. The Morgan fingerprint density at radius 2 is 1.61 bits per heavy atom. The third-order valence-electron chi connectivity index (χ3n) is 2.76. The van der Waals surface area contributed by atoms with Crippen LogP contribution in [-0.4, -0.2) is 18.2 Å². The number of rotatable bonds is 5. The van der Waals surface area contributed by atoms with Crippen LogP contribution in [-0.2, 0) is 0 Å². The maximum Gasteiger partial charge on any atom is 0.119 e. The van der Waals surface area contributed by atoms with Crippen LogP contribution in [0.1, 0.15) is 53.0 Å². The minimum absolute atomic E-state index is 0.176. The number of benzene rings is 1. The summed E-state index contributed by atoms with van der Waals surface area (Å²) in [6, 6.07) is 8.44. The van der Waals surface area contributed by atoms with E-state index in [1.165, 1.54) is 5.56 Å². The first-order valence-corrected chi connectivity index (χ1v) is 6.79. The zero-order valence-corrected chi connectivity index (χ0v) is 12.6. The smallest absolute Gasteiger partial charge is 0.119 e. The van der Waals surface area contributed by atoms with E-state index >= 15 is 0 Å². The highest BCUT2D eigenvalue weighted by Crippen LogP contribution is 2.20. The van der Waals surface area contributed by atoms with Gasteiger partial charge in [-0.3, -0.25) is 0 Å². The standard InChI is InChI=1S/C16H27NO/c1-12(2)18-15-9-7-14(8-10-15)13(3)11-17-16(4,5)6/h7-10,12-13,17H,11H2,1-6H3. The predicted molar refractivity (Wildman–Crippen MR) is 78.4 cm³/mol. The Labute approximate surface area is 112 Å². The summed E-state index contributed by atoms with van der Waals surface area (Å²) in [5, 5.41) is 3.54. The molecule has 0 aromatic heterocycles. The molecule has 0 bridgehead atoms. The van der Waals surface area contributed by atoms with Gasteiger partial charge >= 0.3 is 0 Å². The Morgan fingerprint density at radius 3 is 2.06 bits per heavy atom. The fraction of sp³-hybridized carbons (Fsp3) is 0.625. The second kappa shape index (κ2) is 6.24. The molecule has 1 aromatic carbocycles. The number of hydrogen-bond donors (Lipinski definition) is 1. The van der Waals surface area contributed by atoms with Crippen LogP contribution in [0.15, 0.2) is 24.3 Å². The molecule has 0 saturated carbocycles. The second-order valence-corrected chi connectivity index (χ2v) is 6.27. The van der Waals surface area contributed by atoms with Crippen molar-refractivity contribution in [1.82, 2.24) is 5.32 Å². The molecule has 18 heavy (non-hydrogen) atoms. The summed E-state index contributed by atoms with van der Waals surface area (Å²) in [5.41, 5.74) is 1.53. The van der Waals surface area contributed by atoms with Gasteiger partial charge < -0.3 is 10.1 Å². The van der Waals surface area contributed by atoms with E-state index in [0.29, 0.717) is 5.92 Å². The zero-order valence-electron chi connectivity index (χ0n) is 12.6. The first kappa shape index (κ1) is 15.0. The number of hydrogen-bond acceptors (Lipinski definition) is 2. The third-order valence-corrected chi connectivity index (χ3v) is 2.76. The van der Waals surface area contributed by atoms with Crippen LogP contribution in [0, 0.1) is 0 Å². The molecule has 0 fully saturated rings. The maximum atomic E-state index is 5.65. The van der Waals surface area contributed by atoms with Crippen molar-refractivity contribution in [2.24, 2.45) is 0 Å². The van der Waals surface area contributed by atoms with Crippen LogP contribution in [0.25, 0.3) is 0 Å². The van der Waals surface area contributed by atoms with Crippen molar-refractivity contribution in [1.29, 1.82) is 0 Å². The van der Waals surface area contributed by atoms with Gasteiger partial charge in [0.15, 0.2) is 0 Å². The average Bonchev–Trinajstić information content (AvgIpc) is 2.25. The zero-order chi connectivity index (χ0) is 13.8. The lowest BCUT2D eigenvalue weighted by molar-refractivity contribution is 0.242. The monoisotopic (exact) mass is 249 g/mol. The predicted octanol–water partition coefficient (Wildman–Crippen LogP) is 3.97. The second-order valence-electron chi connectivity index (χ2n) is 6.27. The number of nitrogens with one attached hydrogen (secondary N) is 1. The molecule has 0 aliphatic heterocycles. The van der Waals surface area contributed by atoms with Gasteiger partial charge in [-0.1, -0.05) is 19.1 Å². The molecule has 0 heterocycles. The summed E-state index contributed by atoms with van der Waals surface area (Å²) in [4.78, 5) is 0. The quantitative estimate of drug-likeness (QED) is 0.852. The Morgan fingerprint density at radius 1 is 1.06 bits per heavy atom. The van der Waals surface area contributed by atoms with E-state index in [0.717, 1.165) is 12.3 Å². The summed E-state index contributed by atoms with van der Waals surface area (Å²) in [7, 11) is 0. The molecular weight excluding hydrogens is 222 g/mol. The fourth-order valence-electron chi connectivity index (χ4n) is 1.72. The Kier molecular flexibility index (Phi) is 5.21.